The molecule has 0 spiro atoms. The molecule has 0 saturated heterocycles. The van der Waals surface area contributed by atoms with Gasteiger partial charge in [0.1, 0.15) is 25.2 Å². The number of carbonyl (C=O) groups is 3. The summed E-state index contributed by atoms with van der Waals surface area (Å²) in [6.07, 6.45) is 2.19. The summed E-state index contributed by atoms with van der Waals surface area (Å²) in [5.74, 6) is -0.867. The molecule has 3 aromatic rings. The fraction of sp³-hybridized carbons (Fsp3) is 0.400. The molecule has 0 bridgehead atoms. The topological polar surface area (TPSA) is 127 Å². The van der Waals surface area contributed by atoms with E-state index in [1.54, 1.807) is 31.4 Å². The zero-order valence-corrected chi connectivity index (χ0v) is 24.8. The number of hydroxylamine groups is 1. The van der Waals surface area contributed by atoms with E-state index in [1.165, 1.54) is 22.3 Å². The van der Waals surface area contributed by atoms with Crippen LogP contribution in [0.5, 0.6) is 0 Å². The first-order valence-electron chi connectivity index (χ1n) is 12.8. The summed E-state index contributed by atoms with van der Waals surface area (Å²) >= 11 is 0. The first kappa shape index (κ1) is 39.3. The lowest BCUT2D eigenvalue weighted by molar-refractivity contribution is -0.116. The van der Waals surface area contributed by atoms with E-state index >= 15 is 0 Å². The molecule has 0 fully saturated rings. The normalized spacial score (nSPS) is 9.88. The van der Waals surface area contributed by atoms with Gasteiger partial charge in [-0.3, -0.25) is 14.8 Å². The van der Waals surface area contributed by atoms with Crippen LogP contribution in [0.1, 0.15) is 46.6 Å². The maximum absolute atomic E-state index is 14.8. The van der Waals surface area contributed by atoms with Gasteiger partial charge in [0.15, 0.2) is 0 Å². The molecule has 9 nitrogen and oxygen atoms in total. The summed E-state index contributed by atoms with van der Waals surface area (Å²) in [6.45, 7) is 16.5. The van der Waals surface area contributed by atoms with Gasteiger partial charge < -0.3 is 24.2 Å². The van der Waals surface area contributed by atoms with E-state index in [4.69, 9.17) is 24.3 Å². The van der Waals surface area contributed by atoms with Crippen LogP contribution in [0, 0.1) is 17.0 Å². The zero-order valence-electron chi connectivity index (χ0n) is 24.8. The van der Waals surface area contributed by atoms with Gasteiger partial charge in [-0.25, -0.2) is 14.3 Å². The van der Waals surface area contributed by atoms with Crippen molar-refractivity contribution in [3.63, 3.8) is 0 Å². The lowest BCUT2D eigenvalue weighted by atomic mass is 9.92. The summed E-state index contributed by atoms with van der Waals surface area (Å²) in [6, 6.07) is 9.81. The number of halogens is 2. The Labute approximate surface area is 240 Å². The van der Waals surface area contributed by atoms with E-state index in [0.717, 1.165) is 12.0 Å². The van der Waals surface area contributed by atoms with Crippen molar-refractivity contribution < 1.29 is 33.1 Å². The lowest BCUT2D eigenvalue weighted by Gasteiger charge is -2.19. The number of nitrogens with zero attached hydrogens (tertiary/aromatic N) is 1. The fourth-order valence-electron chi connectivity index (χ4n) is 3.45. The largest absolute Gasteiger partial charge is 0.383 e. The molecule has 0 aliphatic heterocycles. The molecule has 1 aromatic heterocycles. The van der Waals surface area contributed by atoms with Crippen molar-refractivity contribution in [2.75, 3.05) is 20.3 Å². The minimum absolute atomic E-state index is 0.0394. The maximum Gasteiger partial charge on any atom is 0.258 e. The van der Waals surface area contributed by atoms with Crippen molar-refractivity contribution >= 4 is 30.8 Å². The third-order valence-corrected chi connectivity index (χ3v) is 5.35. The number of ether oxygens (including phenoxy) is 1. The number of methoxy groups -OCH3 is 1. The molecule has 11 heteroatoms. The standard InChI is InChI=1S/C25H30F2N2O2.C2H6.CH3NO2.2CH2O/c1-25(2,3)9-11-29-16-23(27)21-14-18(6-8-20(21)24(29)30)19-7-5-17(13-22(19)26)15-28-10-12-31-4;1-2;3-1-2-4;2*1-2/h5-8,13-14,16,28H,9-12,15H2,1-4H3;1-2H3;1,4H,(H,2,3);2*1H2. The molecular formula is C30H43F2N3O6. The number of amides is 1. The second-order valence-corrected chi connectivity index (χ2v) is 9.28. The average Bonchev–Trinajstić information content (AvgIpc) is 2.99. The number of aromatic nitrogens is 1. The quantitative estimate of drug-likeness (QED) is 0.143. The van der Waals surface area contributed by atoms with Crippen LogP contribution in [0.25, 0.3) is 21.9 Å². The molecule has 228 valence electrons. The van der Waals surface area contributed by atoms with E-state index in [-0.39, 0.29) is 28.6 Å². The monoisotopic (exact) mass is 579 g/mol. The Morgan fingerprint density at radius 1 is 1.00 bits per heavy atom. The average molecular weight is 580 g/mol. The van der Waals surface area contributed by atoms with Gasteiger partial charge in [-0.05, 0) is 41.2 Å². The van der Waals surface area contributed by atoms with Crippen molar-refractivity contribution in [3.8, 4) is 11.1 Å². The van der Waals surface area contributed by atoms with Crippen molar-refractivity contribution in [1.82, 2.24) is 15.4 Å². The molecular weight excluding hydrogens is 536 g/mol. The predicted molar refractivity (Wildman–Crippen MR) is 158 cm³/mol. The Morgan fingerprint density at radius 3 is 2.12 bits per heavy atom. The summed E-state index contributed by atoms with van der Waals surface area (Å²) in [4.78, 5) is 37.6. The summed E-state index contributed by atoms with van der Waals surface area (Å²) in [5, 5.41) is 10.9. The molecule has 1 heterocycles. The fourth-order valence-corrected chi connectivity index (χ4v) is 3.45. The third-order valence-electron chi connectivity index (χ3n) is 5.35. The van der Waals surface area contributed by atoms with Gasteiger partial charge in [0.2, 0.25) is 6.41 Å². The van der Waals surface area contributed by atoms with Crippen LogP contribution in [0.4, 0.5) is 8.78 Å². The summed E-state index contributed by atoms with van der Waals surface area (Å²) in [7, 11) is 1.63. The summed E-state index contributed by atoms with van der Waals surface area (Å²) < 4.78 is 36.0. The Kier molecular flexibility index (Phi) is 21.1. The van der Waals surface area contributed by atoms with Gasteiger partial charge in [-0.2, -0.15) is 0 Å². The van der Waals surface area contributed by atoms with Crippen LogP contribution >= 0.6 is 0 Å². The second kappa shape index (κ2) is 22.0. The zero-order chi connectivity index (χ0) is 32.0. The Balaban J connectivity index is 0. The Hall–Kier alpha value is -3.80. The second-order valence-electron chi connectivity index (χ2n) is 9.28. The molecule has 41 heavy (non-hydrogen) atoms. The first-order valence-corrected chi connectivity index (χ1v) is 12.8. The third kappa shape index (κ3) is 13.9. The van der Waals surface area contributed by atoms with Crippen molar-refractivity contribution in [2.24, 2.45) is 5.41 Å². The number of benzene rings is 2. The van der Waals surface area contributed by atoms with Crippen molar-refractivity contribution in [1.29, 1.82) is 0 Å². The van der Waals surface area contributed by atoms with Crippen LogP contribution < -0.4 is 16.4 Å². The predicted octanol–water partition coefficient (Wildman–Crippen LogP) is 4.90. The smallest absolute Gasteiger partial charge is 0.258 e. The maximum atomic E-state index is 14.8. The van der Waals surface area contributed by atoms with Crippen LogP contribution in [-0.4, -0.2) is 50.0 Å². The van der Waals surface area contributed by atoms with Crippen molar-refractivity contribution in [3.05, 3.63) is 70.1 Å². The molecule has 2 aromatic carbocycles. The van der Waals surface area contributed by atoms with Gasteiger partial charge >= 0.3 is 0 Å². The van der Waals surface area contributed by atoms with Crippen LogP contribution in [0.2, 0.25) is 0 Å². The molecule has 0 saturated carbocycles. The number of hydrogen-bond acceptors (Lipinski definition) is 7. The number of nitrogens with one attached hydrogen (secondary N) is 2. The van der Waals surface area contributed by atoms with E-state index in [2.05, 4.69) is 26.1 Å². The molecule has 0 aliphatic rings. The minimum Gasteiger partial charge on any atom is -0.383 e. The highest BCUT2D eigenvalue weighted by molar-refractivity contribution is 5.87. The number of aryl methyl sites for hydroxylation is 1. The molecule has 0 aliphatic carbocycles. The Bertz CT molecular complexity index is 1230. The van der Waals surface area contributed by atoms with Gasteiger partial charge in [0, 0.05) is 43.9 Å². The van der Waals surface area contributed by atoms with Crippen LogP contribution in [0.15, 0.2) is 47.4 Å². The number of fused-ring (bicyclic) bond motifs is 1. The van der Waals surface area contributed by atoms with Gasteiger partial charge in [0.05, 0.1) is 12.0 Å². The molecule has 0 atom stereocenters. The minimum atomic E-state index is -0.482. The van der Waals surface area contributed by atoms with Gasteiger partial charge in [0.25, 0.3) is 5.56 Å². The van der Waals surface area contributed by atoms with E-state index in [9.17, 15) is 13.6 Å². The Morgan fingerprint density at radius 2 is 1.61 bits per heavy atom. The molecule has 0 unspecified atom stereocenters. The SMILES string of the molecule is C=O.C=O.CC.COCCNCc1ccc(-c2ccc3c(=O)n(CCC(C)(C)C)cc(F)c3c2)c(F)c1.O=CNO. The lowest BCUT2D eigenvalue weighted by Crippen LogP contribution is -2.23. The van der Waals surface area contributed by atoms with Crippen LogP contribution in [-0.2, 0) is 32.2 Å². The van der Waals surface area contributed by atoms with E-state index in [0.29, 0.717) is 42.8 Å². The highest BCUT2D eigenvalue weighted by Gasteiger charge is 2.15. The summed E-state index contributed by atoms with van der Waals surface area (Å²) in [5.41, 5.74) is 2.78. The highest BCUT2D eigenvalue weighted by Crippen LogP contribution is 2.28. The van der Waals surface area contributed by atoms with E-state index < -0.39 is 5.82 Å². The van der Waals surface area contributed by atoms with Gasteiger partial charge in [-0.15, -0.1) is 0 Å². The molecule has 3 rings (SSSR count). The number of carbonyl (C=O) groups excluding carboxylic acids is 3. The number of rotatable bonds is 9. The van der Waals surface area contributed by atoms with Gasteiger partial charge in [-0.1, -0.05) is 52.8 Å². The first-order chi connectivity index (χ1) is 19.6. The van der Waals surface area contributed by atoms with E-state index in [1.807, 2.05) is 33.5 Å². The molecule has 1 amide bonds. The highest BCUT2D eigenvalue weighted by atomic mass is 19.1. The molecule has 3 N–H and O–H groups in total. The number of hydrogen-bond donors (Lipinski definition) is 3. The molecule has 0 radical (unpaired) electrons. The van der Waals surface area contributed by atoms with Crippen molar-refractivity contribution in [2.45, 2.75) is 54.1 Å². The number of pyridine rings is 1. The van der Waals surface area contributed by atoms with Crippen LogP contribution in [0.3, 0.4) is 0 Å².